The maximum Gasteiger partial charge on any atom is 0.329 e. The molecule has 7 nitrogen and oxygen atoms in total. The van der Waals surface area contributed by atoms with Crippen LogP contribution in [0, 0.1) is 27.7 Å². The molecule has 2 aromatic rings. The van der Waals surface area contributed by atoms with E-state index >= 15 is 0 Å². The Morgan fingerprint density at radius 3 is 2.44 bits per heavy atom. The zero-order valence-electron chi connectivity index (χ0n) is 16.4. The van der Waals surface area contributed by atoms with Gasteiger partial charge in [-0.15, -0.1) is 0 Å². The fourth-order valence-electron chi connectivity index (χ4n) is 2.98. The van der Waals surface area contributed by atoms with Crippen molar-refractivity contribution >= 4 is 18.0 Å². The van der Waals surface area contributed by atoms with E-state index < -0.39 is 11.8 Å². The summed E-state index contributed by atoms with van der Waals surface area (Å²) in [5, 5.41) is 6.35. The van der Waals surface area contributed by atoms with Crippen molar-refractivity contribution < 1.29 is 14.3 Å². The first-order valence-corrected chi connectivity index (χ1v) is 8.72. The average molecular weight is 370 g/mol. The fraction of sp³-hybridized carbons (Fsp3) is 0.350. The SMILES string of the molecule is COCCNC(=O)C(=O)N/N=C\c1cc(C)n(-c2c(C)cccc2C)c1C. The minimum Gasteiger partial charge on any atom is -0.383 e. The number of hydrazone groups is 1. The number of nitrogens with one attached hydrogen (secondary N) is 2. The summed E-state index contributed by atoms with van der Waals surface area (Å²) in [6, 6.07) is 8.20. The maximum absolute atomic E-state index is 11.7. The van der Waals surface area contributed by atoms with E-state index in [0.29, 0.717) is 6.61 Å². The van der Waals surface area contributed by atoms with Gasteiger partial charge in [0.15, 0.2) is 0 Å². The lowest BCUT2D eigenvalue weighted by Gasteiger charge is -2.15. The molecule has 0 aliphatic carbocycles. The minimum atomic E-state index is -0.814. The van der Waals surface area contributed by atoms with Crippen LogP contribution in [-0.2, 0) is 14.3 Å². The standard InChI is InChI=1S/C20H26N4O3/c1-13-7-6-8-14(2)18(13)24-15(3)11-17(16(24)4)12-22-23-20(26)19(25)21-9-10-27-5/h6-8,11-12H,9-10H2,1-5H3,(H,21,25)(H,23,26)/b22-12-. The van der Waals surface area contributed by atoms with Crippen LogP contribution in [0.2, 0.25) is 0 Å². The van der Waals surface area contributed by atoms with E-state index in [4.69, 9.17) is 4.74 Å². The molecule has 0 unspecified atom stereocenters. The third-order valence-electron chi connectivity index (χ3n) is 4.30. The second-order valence-electron chi connectivity index (χ2n) is 6.35. The van der Waals surface area contributed by atoms with E-state index in [0.717, 1.165) is 22.6 Å². The highest BCUT2D eigenvalue weighted by atomic mass is 16.5. The summed E-state index contributed by atoms with van der Waals surface area (Å²) in [5.74, 6) is -1.56. The maximum atomic E-state index is 11.7. The van der Waals surface area contributed by atoms with Crippen LogP contribution in [0.4, 0.5) is 0 Å². The molecule has 27 heavy (non-hydrogen) atoms. The number of aryl methyl sites for hydroxylation is 3. The van der Waals surface area contributed by atoms with Gasteiger partial charge in [0.05, 0.1) is 18.5 Å². The van der Waals surface area contributed by atoms with Crippen LogP contribution < -0.4 is 10.7 Å². The van der Waals surface area contributed by atoms with Crippen molar-refractivity contribution in [3.05, 3.63) is 52.3 Å². The Morgan fingerprint density at radius 1 is 1.15 bits per heavy atom. The largest absolute Gasteiger partial charge is 0.383 e. The Hall–Kier alpha value is -2.93. The molecule has 7 heteroatoms. The van der Waals surface area contributed by atoms with Gasteiger partial charge in [-0.2, -0.15) is 5.10 Å². The van der Waals surface area contributed by atoms with Crippen LogP contribution in [0.1, 0.15) is 28.1 Å². The highest BCUT2D eigenvalue weighted by Crippen LogP contribution is 2.25. The first-order chi connectivity index (χ1) is 12.9. The number of ether oxygens (including phenoxy) is 1. The molecule has 0 bridgehead atoms. The number of amides is 2. The molecule has 0 aliphatic rings. The highest BCUT2D eigenvalue weighted by molar-refractivity contribution is 6.35. The van der Waals surface area contributed by atoms with Gasteiger partial charge in [-0.1, -0.05) is 18.2 Å². The van der Waals surface area contributed by atoms with Crippen LogP contribution in [-0.4, -0.2) is 42.9 Å². The number of aromatic nitrogens is 1. The molecule has 0 fully saturated rings. The van der Waals surface area contributed by atoms with Gasteiger partial charge in [0.1, 0.15) is 0 Å². The average Bonchev–Trinajstić information content (AvgIpc) is 2.89. The van der Waals surface area contributed by atoms with Crippen LogP contribution in [0.25, 0.3) is 5.69 Å². The second-order valence-corrected chi connectivity index (χ2v) is 6.35. The normalized spacial score (nSPS) is 11.0. The number of carbonyl (C=O) groups excluding carboxylic acids is 2. The van der Waals surface area contributed by atoms with Crippen LogP contribution in [0.15, 0.2) is 29.4 Å². The molecule has 0 saturated heterocycles. The molecule has 2 rings (SSSR count). The van der Waals surface area contributed by atoms with E-state index in [1.165, 1.54) is 18.2 Å². The third-order valence-corrected chi connectivity index (χ3v) is 4.30. The number of rotatable bonds is 6. The number of carbonyl (C=O) groups is 2. The summed E-state index contributed by atoms with van der Waals surface area (Å²) in [7, 11) is 1.52. The van der Waals surface area contributed by atoms with Gasteiger partial charge in [0, 0.05) is 30.6 Å². The van der Waals surface area contributed by atoms with Crippen LogP contribution in [0.3, 0.4) is 0 Å². The molecule has 1 aromatic carbocycles. The summed E-state index contributed by atoms with van der Waals surface area (Å²) < 4.78 is 6.98. The number of hydrogen-bond acceptors (Lipinski definition) is 4. The number of benzene rings is 1. The van der Waals surface area contributed by atoms with Crippen LogP contribution >= 0.6 is 0 Å². The molecule has 0 saturated carbocycles. The smallest absolute Gasteiger partial charge is 0.329 e. The molecule has 0 spiro atoms. The minimum absolute atomic E-state index is 0.267. The van der Waals surface area contributed by atoms with Crippen molar-refractivity contribution in [2.45, 2.75) is 27.7 Å². The Kier molecular flexibility index (Phi) is 6.90. The van der Waals surface area contributed by atoms with Crippen molar-refractivity contribution in [2.75, 3.05) is 20.3 Å². The fourth-order valence-corrected chi connectivity index (χ4v) is 2.98. The van der Waals surface area contributed by atoms with E-state index in [2.05, 4.69) is 46.4 Å². The Bertz CT molecular complexity index is 848. The van der Waals surface area contributed by atoms with E-state index in [9.17, 15) is 9.59 Å². The molecule has 0 aliphatic heterocycles. The van der Waals surface area contributed by atoms with Gasteiger partial charge in [-0.3, -0.25) is 9.59 Å². The molecule has 144 valence electrons. The van der Waals surface area contributed by atoms with Gasteiger partial charge < -0.3 is 14.6 Å². The summed E-state index contributed by atoms with van der Waals surface area (Å²) in [6.07, 6.45) is 1.55. The van der Waals surface area contributed by atoms with Crippen molar-refractivity contribution in [2.24, 2.45) is 5.10 Å². The lowest BCUT2D eigenvalue weighted by atomic mass is 10.1. The third kappa shape index (κ3) is 4.83. The summed E-state index contributed by atoms with van der Waals surface area (Å²) in [4.78, 5) is 23.3. The van der Waals surface area contributed by atoms with Crippen molar-refractivity contribution in [1.82, 2.24) is 15.3 Å². The predicted octanol–water partition coefficient (Wildman–Crippen LogP) is 1.92. The Labute approximate surface area is 159 Å². The Morgan fingerprint density at radius 2 is 1.81 bits per heavy atom. The lowest BCUT2D eigenvalue weighted by molar-refractivity contribution is -0.139. The molecule has 2 N–H and O–H groups in total. The van der Waals surface area contributed by atoms with Gasteiger partial charge in [0.2, 0.25) is 0 Å². The quantitative estimate of drug-likeness (QED) is 0.353. The van der Waals surface area contributed by atoms with E-state index in [1.807, 2.05) is 26.0 Å². The number of methoxy groups -OCH3 is 1. The molecule has 2 amide bonds. The predicted molar refractivity (Wildman–Crippen MR) is 105 cm³/mol. The molecular weight excluding hydrogens is 344 g/mol. The molecule has 1 aromatic heterocycles. The first kappa shape index (κ1) is 20.4. The zero-order valence-corrected chi connectivity index (χ0v) is 16.4. The number of hydrogen-bond donors (Lipinski definition) is 2. The van der Waals surface area contributed by atoms with Gasteiger partial charge in [-0.05, 0) is 44.9 Å². The van der Waals surface area contributed by atoms with E-state index in [1.54, 1.807) is 6.21 Å². The lowest BCUT2D eigenvalue weighted by Crippen LogP contribution is -2.39. The van der Waals surface area contributed by atoms with Crippen molar-refractivity contribution in [3.63, 3.8) is 0 Å². The molecule has 0 atom stereocenters. The second kappa shape index (κ2) is 9.14. The van der Waals surface area contributed by atoms with Gasteiger partial charge in [-0.25, -0.2) is 5.43 Å². The number of para-hydroxylation sites is 1. The topological polar surface area (TPSA) is 84.7 Å². The number of nitrogens with zero attached hydrogens (tertiary/aromatic N) is 2. The monoisotopic (exact) mass is 370 g/mol. The van der Waals surface area contributed by atoms with Crippen molar-refractivity contribution in [3.8, 4) is 5.69 Å². The van der Waals surface area contributed by atoms with Gasteiger partial charge in [0.25, 0.3) is 0 Å². The summed E-state index contributed by atoms with van der Waals surface area (Å²) in [5.41, 5.74) is 8.70. The summed E-state index contributed by atoms with van der Waals surface area (Å²) >= 11 is 0. The summed E-state index contributed by atoms with van der Waals surface area (Å²) in [6.45, 7) is 8.79. The van der Waals surface area contributed by atoms with Crippen LogP contribution in [0.5, 0.6) is 0 Å². The molecule has 0 radical (unpaired) electrons. The highest BCUT2D eigenvalue weighted by Gasteiger charge is 2.14. The molecular formula is C20H26N4O3. The zero-order chi connectivity index (χ0) is 20.0. The van der Waals surface area contributed by atoms with E-state index in [-0.39, 0.29) is 6.54 Å². The van der Waals surface area contributed by atoms with Crippen molar-refractivity contribution in [1.29, 1.82) is 0 Å². The van der Waals surface area contributed by atoms with Gasteiger partial charge >= 0.3 is 11.8 Å². The molecule has 1 heterocycles. The Balaban J connectivity index is 2.14. The first-order valence-electron chi connectivity index (χ1n) is 8.72.